The van der Waals surface area contributed by atoms with Crippen molar-refractivity contribution in [1.82, 2.24) is 0 Å². The van der Waals surface area contributed by atoms with Gasteiger partial charge in [0, 0.05) is 31.5 Å². The number of nitrogens with one attached hydrogen (secondary N) is 1. The molecule has 0 unspecified atom stereocenters. The number of allylic oxidation sites excluding steroid dienone is 1. The molecule has 2 aromatic rings. The molecule has 0 fully saturated rings. The smallest absolute Gasteiger partial charge is 0.290 e. The number of amides is 1. The summed E-state index contributed by atoms with van der Waals surface area (Å²) in [6.45, 7) is 3.86. The van der Waals surface area contributed by atoms with Crippen LogP contribution in [0.5, 0.6) is 0 Å². The molecule has 3 rings (SSSR count). The van der Waals surface area contributed by atoms with E-state index in [0.717, 1.165) is 28.1 Å². The first-order valence-electron chi connectivity index (χ1n) is 8.91. The van der Waals surface area contributed by atoms with Crippen LogP contribution in [0.2, 0.25) is 0 Å². The molecule has 2 aromatic carbocycles. The molecule has 1 amide bonds. The average Bonchev–Trinajstić information content (AvgIpc) is 2.64. The third kappa shape index (κ3) is 4.19. The Labute approximate surface area is 159 Å². The number of ketones is 1. The number of aryl methyl sites for hydroxylation is 2. The van der Waals surface area contributed by atoms with Crippen molar-refractivity contribution in [3.05, 3.63) is 71.0 Å². The van der Waals surface area contributed by atoms with Crippen LogP contribution in [0.3, 0.4) is 0 Å². The Morgan fingerprint density at radius 3 is 2.30 bits per heavy atom. The SMILES string of the molecule is Cc1cccc(C)c1NC(=O)C1=CC(=O)C[C@@H](c2ccc(N(C)C)cc2)O1. The fraction of sp³-hybridized carbons (Fsp3) is 0.273. The largest absolute Gasteiger partial charge is 0.479 e. The molecule has 0 bridgehead atoms. The van der Waals surface area contributed by atoms with Crippen LogP contribution in [-0.4, -0.2) is 25.8 Å². The molecule has 0 saturated carbocycles. The number of para-hydroxylation sites is 1. The van der Waals surface area contributed by atoms with Gasteiger partial charge in [-0.25, -0.2) is 0 Å². The fourth-order valence-electron chi connectivity index (χ4n) is 3.10. The predicted octanol–water partition coefficient (Wildman–Crippen LogP) is 3.92. The second-order valence-electron chi connectivity index (χ2n) is 6.99. The zero-order valence-corrected chi connectivity index (χ0v) is 16.1. The maximum atomic E-state index is 12.7. The van der Waals surface area contributed by atoms with E-state index in [0.29, 0.717) is 0 Å². The number of nitrogens with zero attached hydrogens (tertiary/aromatic N) is 1. The summed E-state index contributed by atoms with van der Waals surface area (Å²) >= 11 is 0. The van der Waals surface area contributed by atoms with E-state index in [9.17, 15) is 9.59 Å². The summed E-state index contributed by atoms with van der Waals surface area (Å²) in [7, 11) is 3.93. The first-order valence-corrected chi connectivity index (χ1v) is 8.91. The number of carbonyl (C=O) groups excluding carboxylic acids is 2. The van der Waals surface area contributed by atoms with Crippen molar-refractivity contribution in [2.45, 2.75) is 26.4 Å². The number of anilines is 2. The third-order valence-electron chi connectivity index (χ3n) is 4.67. The van der Waals surface area contributed by atoms with Crippen molar-refractivity contribution >= 4 is 23.1 Å². The highest BCUT2D eigenvalue weighted by atomic mass is 16.5. The maximum Gasteiger partial charge on any atom is 0.290 e. The minimum absolute atomic E-state index is 0.0515. The van der Waals surface area contributed by atoms with Gasteiger partial charge < -0.3 is 15.0 Å². The zero-order chi connectivity index (χ0) is 19.6. The van der Waals surface area contributed by atoms with Crippen molar-refractivity contribution in [1.29, 1.82) is 0 Å². The summed E-state index contributed by atoms with van der Waals surface area (Å²) in [6.07, 6.45) is 1.05. The van der Waals surface area contributed by atoms with Gasteiger partial charge in [-0.05, 0) is 42.7 Å². The van der Waals surface area contributed by atoms with Crippen LogP contribution in [0.15, 0.2) is 54.3 Å². The molecule has 5 heteroatoms. The molecule has 1 heterocycles. The summed E-state index contributed by atoms with van der Waals surface area (Å²) in [4.78, 5) is 26.9. The first-order chi connectivity index (χ1) is 12.8. The number of rotatable bonds is 4. The Hall–Kier alpha value is -3.08. The number of hydrogen-bond donors (Lipinski definition) is 1. The summed E-state index contributed by atoms with van der Waals surface area (Å²) in [5.41, 5.74) is 4.60. The van der Waals surface area contributed by atoms with Crippen LogP contribution in [0.25, 0.3) is 0 Å². The molecule has 1 aliphatic heterocycles. The van der Waals surface area contributed by atoms with Gasteiger partial charge in [-0.3, -0.25) is 9.59 Å². The highest BCUT2D eigenvalue weighted by Gasteiger charge is 2.27. The number of benzene rings is 2. The van der Waals surface area contributed by atoms with E-state index >= 15 is 0 Å². The standard InChI is InChI=1S/C22H24N2O3/c1-14-6-5-7-15(2)21(14)23-22(26)20-13-18(25)12-19(27-20)16-8-10-17(11-9-16)24(3)4/h5-11,13,19H,12H2,1-4H3,(H,23,26)/t19-/m0/s1. The topological polar surface area (TPSA) is 58.6 Å². The Kier molecular flexibility index (Phi) is 5.31. The normalized spacial score (nSPS) is 16.4. The first kappa shape index (κ1) is 18.7. The van der Waals surface area contributed by atoms with Crippen molar-refractivity contribution in [2.75, 3.05) is 24.3 Å². The molecule has 0 spiro atoms. The molecular formula is C22H24N2O3. The second-order valence-corrected chi connectivity index (χ2v) is 6.99. The lowest BCUT2D eigenvalue weighted by molar-refractivity contribution is -0.124. The quantitative estimate of drug-likeness (QED) is 0.893. The minimum Gasteiger partial charge on any atom is -0.479 e. The van der Waals surface area contributed by atoms with Crippen LogP contribution in [0.4, 0.5) is 11.4 Å². The van der Waals surface area contributed by atoms with Gasteiger partial charge in [0.05, 0.1) is 6.42 Å². The summed E-state index contributed by atoms with van der Waals surface area (Å²) < 4.78 is 5.87. The molecule has 0 saturated heterocycles. The molecule has 0 aliphatic carbocycles. The molecule has 1 N–H and O–H groups in total. The Balaban J connectivity index is 1.78. The van der Waals surface area contributed by atoms with Gasteiger partial charge in [-0.1, -0.05) is 30.3 Å². The predicted molar refractivity (Wildman–Crippen MR) is 107 cm³/mol. The summed E-state index contributed by atoms with van der Waals surface area (Å²) in [6, 6.07) is 13.6. The van der Waals surface area contributed by atoms with E-state index in [2.05, 4.69) is 5.32 Å². The van der Waals surface area contributed by atoms with Crippen LogP contribution < -0.4 is 10.2 Å². The van der Waals surface area contributed by atoms with Gasteiger partial charge in [0.1, 0.15) is 6.10 Å². The lowest BCUT2D eigenvalue weighted by Crippen LogP contribution is -2.24. The van der Waals surface area contributed by atoms with Crippen molar-refractivity contribution < 1.29 is 14.3 Å². The van der Waals surface area contributed by atoms with Crippen molar-refractivity contribution in [3.8, 4) is 0 Å². The second kappa shape index (κ2) is 7.66. The molecule has 27 heavy (non-hydrogen) atoms. The zero-order valence-electron chi connectivity index (χ0n) is 16.1. The van der Waals surface area contributed by atoms with Gasteiger partial charge in [-0.15, -0.1) is 0 Å². The maximum absolute atomic E-state index is 12.7. The van der Waals surface area contributed by atoms with Crippen LogP contribution in [-0.2, 0) is 14.3 Å². The van der Waals surface area contributed by atoms with E-state index < -0.39 is 12.0 Å². The van der Waals surface area contributed by atoms with Gasteiger partial charge in [0.25, 0.3) is 5.91 Å². The molecule has 1 atom stereocenters. The van der Waals surface area contributed by atoms with Gasteiger partial charge in [-0.2, -0.15) is 0 Å². The van der Waals surface area contributed by atoms with E-state index in [4.69, 9.17) is 4.74 Å². The molecule has 140 valence electrons. The van der Waals surface area contributed by atoms with Crippen LogP contribution in [0.1, 0.15) is 29.2 Å². The monoisotopic (exact) mass is 364 g/mol. The molecule has 5 nitrogen and oxygen atoms in total. The molecular weight excluding hydrogens is 340 g/mol. The van der Waals surface area contributed by atoms with Crippen LogP contribution in [0, 0.1) is 13.8 Å². The van der Waals surface area contributed by atoms with Crippen molar-refractivity contribution in [3.63, 3.8) is 0 Å². The molecule has 1 aliphatic rings. The Morgan fingerprint density at radius 1 is 1.07 bits per heavy atom. The van der Waals surface area contributed by atoms with Crippen LogP contribution >= 0.6 is 0 Å². The number of carbonyl (C=O) groups is 2. The van der Waals surface area contributed by atoms with Gasteiger partial charge >= 0.3 is 0 Å². The van der Waals surface area contributed by atoms with E-state index in [1.807, 2.05) is 75.3 Å². The lowest BCUT2D eigenvalue weighted by Gasteiger charge is -2.24. The van der Waals surface area contributed by atoms with E-state index in [1.165, 1.54) is 6.08 Å². The third-order valence-corrected chi connectivity index (χ3v) is 4.67. The molecule has 0 aromatic heterocycles. The van der Waals surface area contributed by atoms with Gasteiger partial charge in [0.15, 0.2) is 11.5 Å². The van der Waals surface area contributed by atoms with E-state index in [-0.39, 0.29) is 18.0 Å². The highest BCUT2D eigenvalue weighted by molar-refractivity contribution is 6.08. The Bertz CT molecular complexity index is 878. The summed E-state index contributed by atoms with van der Waals surface area (Å²) in [5.74, 6) is -0.472. The number of hydrogen-bond acceptors (Lipinski definition) is 4. The summed E-state index contributed by atoms with van der Waals surface area (Å²) in [5, 5.41) is 2.87. The lowest BCUT2D eigenvalue weighted by atomic mass is 10.0. The van der Waals surface area contributed by atoms with Gasteiger partial charge in [0.2, 0.25) is 0 Å². The minimum atomic E-state index is -0.461. The van der Waals surface area contributed by atoms with E-state index in [1.54, 1.807) is 0 Å². The fourth-order valence-corrected chi connectivity index (χ4v) is 3.10. The average molecular weight is 364 g/mol. The Morgan fingerprint density at radius 2 is 1.70 bits per heavy atom. The van der Waals surface area contributed by atoms with Crippen molar-refractivity contribution in [2.24, 2.45) is 0 Å². The number of ether oxygens (including phenoxy) is 1. The highest BCUT2D eigenvalue weighted by Crippen LogP contribution is 2.30. The molecule has 0 radical (unpaired) electrons.